The average molecular weight is 312 g/mol. The quantitative estimate of drug-likeness (QED) is 0.910. The zero-order valence-electron chi connectivity index (χ0n) is 14.2. The summed E-state index contributed by atoms with van der Waals surface area (Å²) in [6.45, 7) is 4.19. The Morgan fingerprint density at radius 3 is 2.52 bits per heavy atom. The molecule has 0 fully saturated rings. The molecular weight excluding hydrogens is 288 g/mol. The molecule has 1 heterocycles. The Hall–Kier alpha value is -2.20. The molecule has 1 N–H and O–H groups in total. The smallest absolute Gasteiger partial charge is 0.124 e. The van der Waals surface area contributed by atoms with Gasteiger partial charge >= 0.3 is 0 Å². The highest BCUT2D eigenvalue weighted by Crippen LogP contribution is 2.32. The minimum atomic E-state index is 0.122. The van der Waals surface area contributed by atoms with E-state index in [9.17, 15) is 0 Å². The van der Waals surface area contributed by atoms with Crippen LogP contribution in [0.15, 0.2) is 36.4 Å². The summed E-state index contributed by atoms with van der Waals surface area (Å²) in [6, 6.07) is 12.6. The van der Waals surface area contributed by atoms with E-state index >= 15 is 0 Å². The van der Waals surface area contributed by atoms with Gasteiger partial charge < -0.3 is 14.8 Å². The van der Waals surface area contributed by atoms with Gasteiger partial charge in [-0.3, -0.25) is 4.90 Å². The lowest BCUT2D eigenvalue weighted by Crippen LogP contribution is -2.09. The van der Waals surface area contributed by atoms with Crippen LogP contribution >= 0.6 is 0 Å². The highest BCUT2D eigenvalue weighted by molar-refractivity contribution is 5.53. The van der Waals surface area contributed by atoms with Gasteiger partial charge in [0.25, 0.3) is 0 Å². The lowest BCUT2D eigenvalue weighted by atomic mass is 10.0. The van der Waals surface area contributed by atoms with Gasteiger partial charge in [-0.05, 0) is 55.4 Å². The first kappa shape index (κ1) is 15.7. The van der Waals surface area contributed by atoms with Crippen LogP contribution in [0.4, 0.5) is 5.69 Å². The van der Waals surface area contributed by atoms with Crippen molar-refractivity contribution < 1.29 is 9.47 Å². The molecule has 4 nitrogen and oxygen atoms in total. The average Bonchev–Trinajstić information content (AvgIpc) is 2.93. The standard InChI is InChI=1S/C19H24N2O2/c1-13(18-10-17(22-3)7-8-19(18)23-4)20-16-6-5-14-11-21(2)12-15(14)9-16/h5-10,13,20H,11-12H2,1-4H3/t13-/m0/s1. The van der Waals surface area contributed by atoms with Gasteiger partial charge in [0.2, 0.25) is 0 Å². The van der Waals surface area contributed by atoms with Crippen LogP contribution in [0.25, 0.3) is 0 Å². The first-order chi connectivity index (χ1) is 11.1. The maximum atomic E-state index is 5.49. The number of benzene rings is 2. The van der Waals surface area contributed by atoms with Crippen molar-refractivity contribution in [2.24, 2.45) is 0 Å². The normalized spacial score (nSPS) is 15.1. The van der Waals surface area contributed by atoms with Gasteiger partial charge in [0.15, 0.2) is 0 Å². The van der Waals surface area contributed by atoms with Crippen molar-refractivity contribution in [3.8, 4) is 11.5 Å². The molecule has 0 radical (unpaired) electrons. The van der Waals surface area contributed by atoms with Gasteiger partial charge in [-0.2, -0.15) is 0 Å². The highest BCUT2D eigenvalue weighted by atomic mass is 16.5. The van der Waals surface area contributed by atoms with Crippen molar-refractivity contribution in [3.05, 3.63) is 53.1 Å². The molecule has 0 unspecified atom stereocenters. The largest absolute Gasteiger partial charge is 0.497 e. The van der Waals surface area contributed by atoms with E-state index in [1.165, 1.54) is 11.1 Å². The molecular formula is C19H24N2O2. The van der Waals surface area contributed by atoms with Crippen molar-refractivity contribution >= 4 is 5.69 Å². The Bertz CT molecular complexity index is 700. The summed E-state index contributed by atoms with van der Waals surface area (Å²) in [4.78, 5) is 2.32. The van der Waals surface area contributed by atoms with E-state index in [4.69, 9.17) is 9.47 Å². The molecule has 0 saturated carbocycles. The molecule has 1 aliphatic rings. The summed E-state index contributed by atoms with van der Waals surface area (Å²) < 4.78 is 10.8. The van der Waals surface area contributed by atoms with E-state index in [1.807, 2.05) is 18.2 Å². The van der Waals surface area contributed by atoms with Crippen LogP contribution in [0, 0.1) is 0 Å². The van der Waals surface area contributed by atoms with Gasteiger partial charge in [-0.1, -0.05) is 6.07 Å². The minimum Gasteiger partial charge on any atom is -0.497 e. The molecule has 1 aliphatic heterocycles. The van der Waals surface area contributed by atoms with Gasteiger partial charge in [-0.25, -0.2) is 0 Å². The van der Waals surface area contributed by atoms with Crippen LogP contribution in [0.5, 0.6) is 11.5 Å². The zero-order chi connectivity index (χ0) is 16.4. The summed E-state index contributed by atoms with van der Waals surface area (Å²) in [5.74, 6) is 1.71. The van der Waals surface area contributed by atoms with E-state index in [2.05, 4.69) is 42.4 Å². The van der Waals surface area contributed by atoms with E-state index in [-0.39, 0.29) is 6.04 Å². The van der Waals surface area contributed by atoms with Crippen LogP contribution in [0.2, 0.25) is 0 Å². The molecule has 0 bridgehead atoms. The summed E-state index contributed by atoms with van der Waals surface area (Å²) >= 11 is 0. The number of rotatable bonds is 5. The maximum Gasteiger partial charge on any atom is 0.124 e. The molecule has 0 saturated heterocycles. The first-order valence-corrected chi connectivity index (χ1v) is 7.89. The highest BCUT2D eigenvalue weighted by Gasteiger charge is 2.17. The predicted molar refractivity (Wildman–Crippen MR) is 93.2 cm³/mol. The monoisotopic (exact) mass is 312 g/mol. The van der Waals surface area contributed by atoms with Crippen LogP contribution in [0.3, 0.4) is 0 Å². The van der Waals surface area contributed by atoms with Crippen molar-refractivity contribution in [2.75, 3.05) is 26.6 Å². The van der Waals surface area contributed by atoms with Gasteiger partial charge in [0, 0.05) is 24.3 Å². The number of fused-ring (bicyclic) bond motifs is 1. The molecule has 4 heteroatoms. The number of nitrogens with zero attached hydrogens (tertiary/aromatic N) is 1. The fraction of sp³-hybridized carbons (Fsp3) is 0.368. The number of nitrogens with one attached hydrogen (secondary N) is 1. The lowest BCUT2D eigenvalue weighted by molar-refractivity contribution is 0.353. The Labute approximate surface area is 138 Å². The van der Waals surface area contributed by atoms with Crippen molar-refractivity contribution in [2.45, 2.75) is 26.1 Å². The molecule has 0 aromatic heterocycles. The lowest BCUT2D eigenvalue weighted by Gasteiger charge is -2.19. The first-order valence-electron chi connectivity index (χ1n) is 7.89. The van der Waals surface area contributed by atoms with Gasteiger partial charge in [0.05, 0.1) is 20.3 Å². The second-order valence-electron chi connectivity index (χ2n) is 6.13. The number of anilines is 1. The molecule has 0 amide bonds. The van der Waals surface area contributed by atoms with E-state index < -0.39 is 0 Å². The molecule has 0 spiro atoms. The van der Waals surface area contributed by atoms with Crippen LogP contribution in [-0.4, -0.2) is 26.2 Å². The molecule has 0 aliphatic carbocycles. The Morgan fingerprint density at radius 2 is 1.78 bits per heavy atom. The van der Waals surface area contributed by atoms with Crippen molar-refractivity contribution in [1.82, 2.24) is 4.90 Å². The second-order valence-corrected chi connectivity index (χ2v) is 6.13. The predicted octanol–water partition coefficient (Wildman–Crippen LogP) is 3.82. The molecule has 23 heavy (non-hydrogen) atoms. The number of ether oxygens (including phenoxy) is 2. The van der Waals surface area contributed by atoms with Gasteiger partial charge in [0.1, 0.15) is 11.5 Å². The van der Waals surface area contributed by atoms with Crippen LogP contribution in [-0.2, 0) is 13.1 Å². The third-order valence-corrected chi connectivity index (χ3v) is 4.37. The molecule has 1 atom stereocenters. The zero-order valence-corrected chi connectivity index (χ0v) is 14.2. The minimum absolute atomic E-state index is 0.122. The van der Waals surface area contributed by atoms with Gasteiger partial charge in [-0.15, -0.1) is 0 Å². The summed E-state index contributed by atoms with van der Waals surface area (Å²) in [5.41, 5.74) is 5.05. The Morgan fingerprint density at radius 1 is 1.00 bits per heavy atom. The van der Waals surface area contributed by atoms with Crippen LogP contribution in [0.1, 0.15) is 29.7 Å². The molecule has 2 aromatic carbocycles. The number of hydrogen-bond acceptors (Lipinski definition) is 4. The summed E-state index contributed by atoms with van der Waals surface area (Å²) in [6.07, 6.45) is 0. The fourth-order valence-electron chi connectivity index (χ4n) is 3.16. The third kappa shape index (κ3) is 3.27. The van der Waals surface area contributed by atoms with Crippen molar-refractivity contribution in [1.29, 1.82) is 0 Å². The van der Waals surface area contributed by atoms with Crippen LogP contribution < -0.4 is 14.8 Å². The van der Waals surface area contributed by atoms with Crippen molar-refractivity contribution in [3.63, 3.8) is 0 Å². The summed E-state index contributed by atoms with van der Waals surface area (Å²) in [5, 5.41) is 3.57. The summed E-state index contributed by atoms with van der Waals surface area (Å²) in [7, 11) is 5.53. The second kappa shape index (κ2) is 6.50. The number of hydrogen-bond donors (Lipinski definition) is 1. The van der Waals surface area contributed by atoms with E-state index in [0.29, 0.717) is 0 Å². The Balaban J connectivity index is 1.82. The molecule has 2 aromatic rings. The Kier molecular flexibility index (Phi) is 4.44. The van der Waals surface area contributed by atoms with E-state index in [0.717, 1.165) is 35.8 Å². The number of methoxy groups -OCH3 is 2. The topological polar surface area (TPSA) is 33.7 Å². The third-order valence-electron chi connectivity index (χ3n) is 4.37. The SMILES string of the molecule is COc1ccc(OC)c([C@H](C)Nc2ccc3c(c2)CN(C)C3)c1. The maximum absolute atomic E-state index is 5.49. The molecule has 3 rings (SSSR count). The fourth-order valence-corrected chi connectivity index (χ4v) is 3.16. The molecule has 122 valence electrons. The van der Waals surface area contributed by atoms with E-state index in [1.54, 1.807) is 14.2 Å².